The first kappa shape index (κ1) is 19.9. The van der Waals surface area contributed by atoms with Crippen LogP contribution in [0.5, 0.6) is 0 Å². The van der Waals surface area contributed by atoms with Crippen molar-refractivity contribution in [2.75, 3.05) is 0 Å². The standard InChI is InChI=1S/C19H15FN3O2.Pt/c1-19(2,16-8-4-6-14(23-16)18(24)25)15-7-3-5-13(22-15)12-9-10-17(20)21-11-12;/h3-8,10-11H,1-2H3,(H,24,25);/q-1;. The van der Waals surface area contributed by atoms with Crippen molar-refractivity contribution >= 4 is 5.97 Å². The average molecular weight is 531 g/mol. The molecule has 7 heteroatoms. The second kappa shape index (κ2) is 7.83. The first-order valence-electron chi connectivity index (χ1n) is 7.60. The van der Waals surface area contributed by atoms with Gasteiger partial charge in [0.15, 0.2) is 0 Å². The van der Waals surface area contributed by atoms with Crippen LogP contribution in [0.4, 0.5) is 4.39 Å². The number of aromatic carboxylic acids is 1. The maximum absolute atomic E-state index is 13.0. The summed E-state index contributed by atoms with van der Waals surface area (Å²) < 4.78 is 13.0. The first-order chi connectivity index (χ1) is 11.9. The Labute approximate surface area is 164 Å². The third-order valence-corrected chi connectivity index (χ3v) is 3.94. The molecule has 0 aromatic carbocycles. The quantitative estimate of drug-likeness (QED) is 0.412. The minimum atomic E-state index is -1.08. The molecule has 26 heavy (non-hydrogen) atoms. The molecule has 0 aliphatic heterocycles. The molecular weight excluding hydrogens is 516 g/mol. The van der Waals surface area contributed by atoms with Gasteiger partial charge in [0.25, 0.3) is 0 Å². The number of pyridine rings is 3. The van der Waals surface area contributed by atoms with E-state index in [1.807, 2.05) is 26.0 Å². The Morgan fingerprint density at radius 1 is 1.12 bits per heavy atom. The molecule has 0 fully saturated rings. The zero-order valence-electron chi connectivity index (χ0n) is 14.0. The molecule has 136 valence electrons. The molecule has 0 aliphatic carbocycles. The fourth-order valence-corrected chi connectivity index (χ4v) is 2.44. The number of carboxylic acids is 1. The molecule has 3 rings (SSSR count). The zero-order chi connectivity index (χ0) is 18.0. The van der Waals surface area contributed by atoms with E-state index in [0.717, 1.165) is 6.07 Å². The van der Waals surface area contributed by atoms with Crippen molar-refractivity contribution in [3.8, 4) is 11.3 Å². The van der Waals surface area contributed by atoms with Crippen LogP contribution in [-0.4, -0.2) is 26.0 Å². The molecule has 5 nitrogen and oxygen atoms in total. The summed E-state index contributed by atoms with van der Waals surface area (Å²) in [4.78, 5) is 23.6. The van der Waals surface area contributed by atoms with E-state index in [1.54, 1.807) is 18.2 Å². The maximum atomic E-state index is 13.0. The van der Waals surface area contributed by atoms with Crippen LogP contribution in [0.25, 0.3) is 11.3 Å². The second-order valence-corrected chi connectivity index (χ2v) is 6.03. The van der Waals surface area contributed by atoms with Crippen LogP contribution in [0, 0.1) is 12.0 Å². The van der Waals surface area contributed by atoms with Crippen LogP contribution in [0.1, 0.15) is 35.7 Å². The maximum Gasteiger partial charge on any atom is 0.354 e. The van der Waals surface area contributed by atoms with Crippen molar-refractivity contribution in [1.29, 1.82) is 0 Å². The van der Waals surface area contributed by atoms with E-state index in [-0.39, 0.29) is 26.8 Å². The van der Waals surface area contributed by atoms with E-state index < -0.39 is 17.3 Å². The van der Waals surface area contributed by atoms with Gasteiger partial charge < -0.3 is 15.1 Å². The predicted octanol–water partition coefficient (Wildman–Crippen LogP) is 3.50. The monoisotopic (exact) mass is 531 g/mol. The number of carbonyl (C=O) groups is 1. The first-order valence-corrected chi connectivity index (χ1v) is 7.60. The smallest absolute Gasteiger partial charge is 0.354 e. The number of rotatable bonds is 4. The molecule has 1 N–H and O–H groups in total. The van der Waals surface area contributed by atoms with Crippen molar-refractivity contribution in [2.45, 2.75) is 19.3 Å². The summed E-state index contributed by atoms with van der Waals surface area (Å²) in [5, 5.41) is 9.14. The van der Waals surface area contributed by atoms with Crippen molar-refractivity contribution in [1.82, 2.24) is 15.0 Å². The van der Waals surface area contributed by atoms with Gasteiger partial charge in [-0.1, -0.05) is 30.5 Å². The van der Waals surface area contributed by atoms with Crippen LogP contribution in [0.15, 0.2) is 48.7 Å². The number of carboxylic acid groups (broad SMARTS) is 1. The molecule has 3 heterocycles. The molecule has 0 spiro atoms. The second-order valence-electron chi connectivity index (χ2n) is 6.03. The van der Waals surface area contributed by atoms with Gasteiger partial charge in [-0.3, -0.25) is 0 Å². The average Bonchev–Trinajstić information content (AvgIpc) is 2.62. The predicted molar refractivity (Wildman–Crippen MR) is 89.6 cm³/mol. The van der Waals surface area contributed by atoms with Crippen LogP contribution in [0.3, 0.4) is 0 Å². The van der Waals surface area contributed by atoms with Crippen molar-refractivity contribution < 1.29 is 35.4 Å². The summed E-state index contributed by atoms with van der Waals surface area (Å²) in [7, 11) is 0. The van der Waals surface area contributed by atoms with E-state index in [9.17, 15) is 9.18 Å². The van der Waals surface area contributed by atoms with Gasteiger partial charge in [0.05, 0.1) is 5.69 Å². The van der Waals surface area contributed by atoms with Gasteiger partial charge in [-0.05, 0) is 37.7 Å². The van der Waals surface area contributed by atoms with Gasteiger partial charge in [-0.25, -0.2) is 14.2 Å². The van der Waals surface area contributed by atoms with Crippen molar-refractivity contribution in [3.05, 3.63) is 77.8 Å². The van der Waals surface area contributed by atoms with Crippen LogP contribution < -0.4 is 0 Å². The summed E-state index contributed by atoms with van der Waals surface area (Å²) >= 11 is 0. The molecule has 0 unspecified atom stereocenters. The fraction of sp³-hybridized carbons (Fsp3) is 0.158. The summed E-state index contributed by atoms with van der Waals surface area (Å²) in [5.74, 6) is -1.68. The summed E-state index contributed by atoms with van der Waals surface area (Å²) in [6, 6.07) is 14.3. The Balaban J connectivity index is 0.00000243. The number of hydrogen-bond donors (Lipinski definition) is 1. The molecule has 0 saturated heterocycles. The molecule has 3 aromatic heterocycles. The Bertz CT molecular complexity index is 930. The molecule has 3 aromatic rings. The molecular formula is C19H15FN3O2Pt-. The van der Waals surface area contributed by atoms with Gasteiger partial charge in [0, 0.05) is 32.2 Å². The Morgan fingerprint density at radius 3 is 2.38 bits per heavy atom. The molecule has 0 aliphatic rings. The molecule has 0 atom stereocenters. The topological polar surface area (TPSA) is 76.0 Å². The summed E-state index contributed by atoms with van der Waals surface area (Å²) in [6.07, 6.45) is 1.37. The largest absolute Gasteiger partial charge is 0.477 e. The van der Waals surface area contributed by atoms with E-state index in [2.05, 4.69) is 21.0 Å². The number of hydrogen-bond acceptors (Lipinski definition) is 4. The minimum Gasteiger partial charge on any atom is -0.477 e. The SMILES string of the molecule is CC(C)(c1cccc(C(=O)O)n1)c1cccc(-c2[c-]cc(F)nc2)n1.[Pt]. The van der Waals surface area contributed by atoms with Gasteiger partial charge in [-0.15, -0.1) is 11.6 Å². The Morgan fingerprint density at radius 2 is 1.77 bits per heavy atom. The van der Waals surface area contributed by atoms with Gasteiger partial charge >= 0.3 is 5.97 Å². The third-order valence-electron chi connectivity index (χ3n) is 3.94. The van der Waals surface area contributed by atoms with E-state index in [4.69, 9.17) is 5.11 Å². The van der Waals surface area contributed by atoms with Crippen LogP contribution in [-0.2, 0) is 26.5 Å². The number of aromatic nitrogens is 3. The summed E-state index contributed by atoms with van der Waals surface area (Å²) in [6.45, 7) is 3.83. The van der Waals surface area contributed by atoms with Crippen molar-refractivity contribution in [3.63, 3.8) is 0 Å². The van der Waals surface area contributed by atoms with Crippen LogP contribution in [0.2, 0.25) is 0 Å². The van der Waals surface area contributed by atoms with Crippen molar-refractivity contribution in [2.24, 2.45) is 0 Å². The Kier molecular flexibility index (Phi) is 5.98. The Hall–Kier alpha value is -2.46. The van der Waals surface area contributed by atoms with E-state index in [1.165, 1.54) is 12.3 Å². The molecule has 0 bridgehead atoms. The minimum absolute atomic E-state index is 0. The zero-order valence-corrected chi connectivity index (χ0v) is 16.3. The van der Waals surface area contributed by atoms with Gasteiger partial charge in [0.1, 0.15) is 11.6 Å². The summed E-state index contributed by atoms with van der Waals surface area (Å²) in [5.41, 5.74) is 1.85. The molecule has 0 radical (unpaired) electrons. The third kappa shape index (κ3) is 4.02. The van der Waals surface area contributed by atoms with Crippen LogP contribution >= 0.6 is 0 Å². The molecule has 0 amide bonds. The van der Waals surface area contributed by atoms with Gasteiger partial charge in [-0.2, -0.15) is 0 Å². The molecule has 0 saturated carbocycles. The number of halogens is 1. The van der Waals surface area contributed by atoms with Gasteiger partial charge in [0.2, 0.25) is 0 Å². The number of nitrogens with zero attached hydrogens (tertiary/aromatic N) is 3. The normalized spacial score (nSPS) is 10.9. The fourth-order valence-electron chi connectivity index (χ4n) is 2.44. The van der Waals surface area contributed by atoms with E-state index in [0.29, 0.717) is 22.6 Å². The van der Waals surface area contributed by atoms with E-state index >= 15 is 0 Å².